The fourth-order valence-electron chi connectivity index (χ4n) is 8.92. The molecule has 0 radical (unpaired) electrons. The van der Waals surface area contributed by atoms with Gasteiger partial charge in [0.2, 0.25) is 5.44 Å². The summed E-state index contributed by atoms with van der Waals surface area (Å²) in [7, 11) is 16.4. The maximum atomic E-state index is 12.3. The number of fused-ring (bicyclic) bond motifs is 2. The fraction of sp³-hybridized carbons (Fsp3) is 0.317. The molecule has 0 aliphatic rings. The number of nitro benzene ring substituents is 2. The number of likely N-dealkylation sites (N-methyl/N-ethyl adjacent to an activating group) is 5. The Morgan fingerprint density at radius 1 is 0.479 bits per heavy atom. The van der Waals surface area contributed by atoms with Crippen molar-refractivity contribution in [2.75, 3.05) is 186 Å². The number of nitrogens with zero attached hydrogens (tertiary/aromatic N) is 10. The Hall–Kier alpha value is -12.0. The zero-order valence-corrected chi connectivity index (χ0v) is 70.5. The van der Waals surface area contributed by atoms with Crippen LogP contribution in [-0.4, -0.2) is 269 Å². The number of aromatic amines is 2. The van der Waals surface area contributed by atoms with E-state index in [9.17, 15) is 33.0 Å². The molecule has 37 heteroatoms. The van der Waals surface area contributed by atoms with Crippen LogP contribution in [0.4, 0.5) is 38.5 Å². The summed E-state index contributed by atoms with van der Waals surface area (Å²) in [5.41, 5.74) is 27.1. The highest BCUT2D eigenvalue weighted by atomic mass is 32.2. The number of nitrogens with one attached hydrogen (secondary N) is 2. The smallest absolute Gasteiger partial charge is 0.425 e. The Kier molecular flexibility index (Phi) is 49.5. The number of nitro groups is 2. The third-order valence-corrected chi connectivity index (χ3v) is 15.6. The van der Waals surface area contributed by atoms with Crippen LogP contribution in [0.25, 0.3) is 44.8 Å². The number of benzene rings is 7. The second-order valence-corrected chi connectivity index (χ2v) is 28.5. The number of aromatic nitrogens is 4. The lowest BCUT2D eigenvalue weighted by atomic mass is 10.1. The molecule has 2 aromatic heterocycles. The van der Waals surface area contributed by atoms with Crippen molar-refractivity contribution >= 4 is 76.9 Å². The van der Waals surface area contributed by atoms with Crippen molar-refractivity contribution in [2.45, 2.75) is 12.0 Å². The summed E-state index contributed by atoms with van der Waals surface area (Å²) in [6, 6.07) is 38.2. The molecule has 1 atom stereocenters. The van der Waals surface area contributed by atoms with Gasteiger partial charge < -0.3 is 96.8 Å². The van der Waals surface area contributed by atoms with Crippen molar-refractivity contribution in [1.82, 2.24) is 49.3 Å². The molecular weight excluding hydrogens is 1580 g/mol. The second kappa shape index (κ2) is 57.1. The minimum Gasteiger partial charge on any atom is -0.489 e. The van der Waals surface area contributed by atoms with E-state index in [-0.39, 0.29) is 48.1 Å². The van der Waals surface area contributed by atoms with E-state index in [1.54, 1.807) is 18.2 Å². The van der Waals surface area contributed by atoms with Gasteiger partial charge in [0.1, 0.15) is 84.9 Å². The van der Waals surface area contributed by atoms with Crippen LogP contribution in [0.3, 0.4) is 0 Å². The predicted octanol–water partition coefficient (Wildman–Crippen LogP) is 8.80. The lowest BCUT2D eigenvalue weighted by Crippen LogP contribution is -2.11. The molecule has 1 unspecified atom stereocenters. The van der Waals surface area contributed by atoms with Crippen LogP contribution < -0.4 is 41.9 Å². The van der Waals surface area contributed by atoms with Crippen LogP contribution in [0, 0.1) is 37.9 Å². The van der Waals surface area contributed by atoms with E-state index in [1.807, 2.05) is 178 Å². The highest BCUT2D eigenvalue weighted by Gasteiger charge is 2.21. The van der Waals surface area contributed by atoms with Gasteiger partial charge in [-0.15, -0.1) is 12.6 Å². The Morgan fingerprint density at radius 2 is 0.832 bits per heavy atom. The molecule has 2 heterocycles. The topological polar surface area (TPSA) is 491 Å². The number of nitrogens with two attached hydrogens (primary N) is 4. The monoisotopic (exact) mass is 1690 g/mol. The van der Waals surface area contributed by atoms with E-state index >= 15 is 0 Å². The van der Waals surface area contributed by atoms with Gasteiger partial charge in [-0.3, -0.25) is 29.7 Å². The number of imidazole rings is 2. The number of hydrogen-bond acceptors (Lipinski definition) is 29. The van der Waals surface area contributed by atoms with Crippen LogP contribution in [0.5, 0.6) is 23.0 Å². The number of nitrogen functional groups attached to an aromatic ring is 4. The number of anilines is 4. The fourth-order valence-corrected chi connectivity index (χ4v) is 9.42. The third-order valence-electron chi connectivity index (χ3n) is 14.8. The first-order valence-electron chi connectivity index (χ1n) is 36.3. The van der Waals surface area contributed by atoms with E-state index in [1.165, 1.54) is 42.5 Å². The van der Waals surface area contributed by atoms with Gasteiger partial charge in [0, 0.05) is 86.3 Å². The summed E-state index contributed by atoms with van der Waals surface area (Å²) < 4.78 is 89.9. The summed E-state index contributed by atoms with van der Waals surface area (Å²) >= 11 is 0. The summed E-state index contributed by atoms with van der Waals surface area (Å²) in [6.45, 7) is 7.13. The van der Waals surface area contributed by atoms with E-state index in [0.717, 1.165) is 120 Å². The molecule has 0 amide bonds. The van der Waals surface area contributed by atoms with Crippen molar-refractivity contribution in [3.05, 3.63) is 237 Å². The summed E-state index contributed by atoms with van der Waals surface area (Å²) in [5.74, 6) is 9.24. The first kappa shape index (κ1) is 103. The van der Waals surface area contributed by atoms with Gasteiger partial charge >= 0.3 is 10.6 Å². The zero-order chi connectivity index (χ0) is 89.0. The lowest BCUT2D eigenvalue weighted by molar-refractivity contribution is -0.384. The van der Waals surface area contributed by atoms with Gasteiger partial charge in [-0.25, -0.2) is 14.4 Å². The van der Waals surface area contributed by atoms with Crippen molar-refractivity contribution < 1.29 is 79.2 Å². The highest BCUT2D eigenvalue weighted by Crippen LogP contribution is 2.30. The lowest BCUT2D eigenvalue weighted by Gasteiger charge is -2.07. The number of halogens is 1. The van der Waals surface area contributed by atoms with Gasteiger partial charge in [0.25, 0.3) is 21.5 Å². The maximum Gasteiger partial charge on any atom is 0.425 e. The van der Waals surface area contributed by atoms with Gasteiger partial charge in [-0.05, 0) is 144 Å². The quantitative estimate of drug-likeness (QED) is 0.00482. The maximum absolute atomic E-state index is 12.3. The predicted molar refractivity (Wildman–Crippen MR) is 466 cm³/mol. The third kappa shape index (κ3) is 45.4. The molecule has 15 N–H and O–H groups in total. The molecule has 0 saturated heterocycles. The normalized spacial score (nSPS) is 11.3. The molecule has 0 fully saturated rings. The summed E-state index contributed by atoms with van der Waals surface area (Å²) in [6.07, 6.45) is 19.8. The van der Waals surface area contributed by atoms with Crippen molar-refractivity contribution in [2.24, 2.45) is 0 Å². The minimum atomic E-state index is -4.48. The molecule has 0 spiro atoms. The average Bonchev–Trinajstić information content (AvgIpc) is 1.66. The molecule has 0 saturated carbocycles. The standard InChI is InChI=1S/C32H36N6O2.C12H17N3O3.C12H19N3O.C8H10O5S.C6H5FN2O2.C6H13NO.C6H11NO.O3S/c1-37(2)17-5-7-19-39-25-13-15-27-29(21-25)35-31(33-27)23-9-11-24(12-10-23)32-34-28-16-14-26(22-30(28)36-32)40-20-8-6-18-38(3)4;1-14(2)7-3-4-8-18-10-5-6-12(15(16)17)11(13)9-10;1-15(2)7-3-4-8-16-10-5-6-11(13)12(14)9-10;9-5-6-1-3-7(4-2-6)8(10)14(11,12)13;7-4-1-2-6(9(10)11)5(8)3-4;2*1-7(2)5-3-4-6-8;1-4(2)3/h5-16,21-22H,17-20H2,1-4H3,(H,33,35)(H,34,36);3-6,9H,7-8,13H2,1-2H3;3-6,9H,7-8,13-14H2,1-2H3;1-4,8-10H,5H2,(H,11,12,13);1-3H,8H2;3-4,8H,5-6H2,1-2H3;8H,5-6H2,1-2H3;/b7-5+,8-6+;2*4-3+;;;4-3+;;. The van der Waals surface area contributed by atoms with Gasteiger partial charge in [-0.2, -0.15) is 8.42 Å². The summed E-state index contributed by atoms with van der Waals surface area (Å²) in [4.78, 5) is 48.2. The molecule has 9 rings (SSSR count). The Balaban J connectivity index is 0.000000511. The van der Waals surface area contributed by atoms with Crippen LogP contribution in [0.1, 0.15) is 16.6 Å². The molecule has 0 bridgehead atoms. The van der Waals surface area contributed by atoms with E-state index in [0.29, 0.717) is 49.1 Å². The number of aliphatic hydroxyl groups excluding tert-OH is 4. The van der Waals surface area contributed by atoms with Crippen LogP contribution in [0.15, 0.2) is 200 Å². The molecule has 7 aromatic carbocycles. The Bertz CT molecular complexity index is 4850. The first-order valence-corrected chi connectivity index (χ1v) is 38.8. The van der Waals surface area contributed by atoms with Crippen molar-refractivity contribution in [3.63, 3.8) is 0 Å². The second-order valence-electron chi connectivity index (χ2n) is 26.7. The molecule has 0 aliphatic carbocycles. The summed E-state index contributed by atoms with van der Waals surface area (Å²) in [5, 5.41) is 55.0. The molecule has 0 aliphatic heterocycles. The number of aliphatic hydroxyl groups is 4. The molecule has 34 nitrogen and oxygen atoms in total. The molecular formula is C82H111FN16O18S2. The Morgan fingerprint density at radius 3 is 1.16 bits per heavy atom. The van der Waals surface area contributed by atoms with Gasteiger partial charge in [0.05, 0.1) is 63.0 Å². The molecule has 119 heavy (non-hydrogen) atoms. The number of rotatable bonds is 31. The first-order chi connectivity index (χ1) is 56.4. The van der Waals surface area contributed by atoms with E-state index in [2.05, 4.69) is 79.0 Å². The number of H-pyrrole nitrogens is 2. The van der Waals surface area contributed by atoms with Crippen LogP contribution in [0.2, 0.25) is 0 Å². The number of hydrogen-bond donors (Lipinski definition) is 11. The Labute approximate surface area is 695 Å². The zero-order valence-electron chi connectivity index (χ0n) is 68.8. The van der Waals surface area contributed by atoms with E-state index < -0.39 is 41.8 Å². The SMILES string of the molecule is CN(C)C/C=C/CO.CN(C)C/C=C/COc1ccc(N)c(N)c1.CN(C)C/C=C/COc1ccc([N+](=O)[O-])c(N)c1.CN(C)C/C=C/COc1ccc2nc(-c3ccc(-c4nc5ccc(OC/C=C/CN(C)C)cc5[nH]4)cc3)[nH]c2c1.CN(C)CC#CCO.Nc1cc(F)ccc1[N+](=O)[O-].O=S(=O)(O)C(O)c1ccc(CO)cc1.O=S(=O)=O. The number of ether oxygens (including phenoxy) is 4. The molecule has 9 aromatic rings. The molecule has 646 valence electrons. The largest absolute Gasteiger partial charge is 0.489 e. The van der Waals surface area contributed by atoms with Crippen molar-refractivity contribution in [3.8, 4) is 57.6 Å². The highest BCUT2D eigenvalue weighted by molar-refractivity contribution is 7.85. The average molecular weight is 1690 g/mol. The van der Waals surface area contributed by atoms with Crippen molar-refractivity contribution in [1.29, 1.82) is 0 Å². The van der Waals surface area contributed by atoms with Crippen LogP contribution >= 0.6 is 0 Å². The van der Waals surface area contributed by atoms with E-state index in [4.69, 9.17) is 89.5 Å². The van der Waals surface area contributed by atoms with Gasteiger partial charge in [-0.1, -0.05) is 121 Å². The van der Waals surface area contributed by atoms with Gasteiger partial charge in [0.15, 0.2) is 0 Å². The minimum absolute atomic E-state index is 0.0339. The van der Waals surface area contributed by atoms with Crippen LogP contribution in [-0.2, 0) is 27.3 Å².